The van der Waals surface area contributed by atoms with Crippen LogP contribution in [0.3, 0.4) is 0 Å². The van der Waals surface area contributed by atoms with Gasteiger partial charge in [-0.3, -0.25) is 0 Å². The van der Waals surface area contributed by atoms with Crippen molar-refractivity contribution < 1.29 is 0 Å². The minimum absolute atomic E-state index is 0.00198. The van der Waals surface area contributed by atoms with Gasteiger partial charge in [-0.2, -0.15) is 0 Å². The predicted molar refractivity (Wildman–Crippen MR) is 98.5 cm³/mol. The van der Waals surface area contributed by atoms with Crippen molar-refractivity contribution in [1.82, 2.24) is 0 Å². The maximum Gasteiger partial charge on any atom is 0.0565 e. The molecule has 1 aliphatic carbocycles. The molecule has 0 aliphatic heterocycles. The molecule has 0 fully saturated rings. The van der Waals surface area contributed by atoms with Crippen LogP contribution in [0.5, 0.6) is 0 Å². The molecule has 1 aromatic rings. The Bertz CT molecular complexity index is 576. The van der Waals surface area contributed by atoms with E-state index in [9.17, 15) is 0 Å². The monoisotopic (exact) mass is 297 g/mol. The van der Waals surface area contributed by atoms with Crippen molar-refractivity contribution in [3.8, 4) is 0 Å². The van der Waals surface area contributed by atoms with Gasteiger partial charge >= 0.3 is 0 Å². The lowest BCUT2D eigenvalue weighted by molar-refractivity contribution is 0.502. The number of hydrogen-bond donors (Lipinski definition) is 1. The molecule has 1 N–H and O–H groups in total. The Kier molecular flexibility index (Phi) is 4.30. The summed E-state index contributed by atoms with van der Waals surface area (Å²) in [6.45, 7) is 15.8. The van der Waals surface area contributed by atoms with Gasteiger partial charge in [0.2, 0.25) is 0 Å². The normalized spacial score (nSPS) is 22.4. The fourth-order valence-corrected chi connectivity index (χ4v) is 2.76. The van der Waals surface area contributed by atoms with Gasteiger partial charge in [0.05, 0.1) is 5.54 Å². The van der Waals surface area contributed by atoms with Crippen LogP contribution in [0.15, 0.2) is 48.1 Å². The second-order valence-corrected chi connectivity index (χ2v) is 8.82. The van der Waals surface area contributed by atoms with E-state index in [2.05, 4.69) is 96.3 Å². The molecule has 1 atom stereocenters. The highest BCUT2D eigenvalue weighted by Crippen LogP contribution is 2.34. The van der Waals surface area contributed by atoms with Crippen LogP contribution in [0, 0.1) is 5.41 Å². The summed E-state index contributed by atoms with van der Waals surface area (Å²) in [6.07, 6.45) is 7.99. The van der Waals surface area contributed by atoms with Gasteiger partial charge in [-0.1, -0.05) is 71.9 Å². The summed E-state index contributed by atoms with van der Waals surface area (Å²) in [5.41, 5.74) is 4.42. The van der Waals surface area contributed by atoms with Gasteiger partial charge in [0.15, 0.2) is 0 Å². The first kappa shape index (κ1) is 16.9. The largest absolute Gasteiger partial charge is 0.376 e. The van der Waals surface area contributed by atoms with Crippen LogP contribution >= 0.6 is 0 Å². The van der Waals surface area contributed by atoms with Crippen LogP contribution in [0.25, 0.3) is 0 Å². The molecule has 1 heteroatoms. The molecule has 1 nitrogen and oxygen atoms in total. The molecular formula is C21H31N. The first-order valence-corrected chi connectivity index (χ1v) is 8.28. The van der Waals surface area contributed by atoms with E-state index in [1.807, 2.05) is 0 Å². The van der Waals surface area contributed by atoms with Crippen LogP contribution < -0.4 is 5.32 Å². The maximum absolute atomic E-state index is 3.68. The van der Waals surface area contributed by atoms with Crippen LogP contribution in [-0.2, 0) is 5.41 Å². The Balaban J connectivity index is 2.09. The average molecular weight is 297 g/mol. The van der Waals surface area contributed by atoms with Crippen LogP contribution in [-0.4, -0.2) is 5.54 Å². The third-order valence-corrected chi connectivity index (χ3v) is 4.42. The van der Waals surface area contributed by atoms with E-state index in [0.717, 1.165) is 6.42 Å². The second-order valence-electron chi connectivity index (χ2n) is 8.82. The summed E-state index contributed by atoms with van der Waals surface area (Å²) in [7, 11) is 0. The Morgan fingerprint density at radius 2 is 1.50 bits per heavy atom. The number of benzene rings is 1. The fraction of sp³-hybridized carbons (Fsp3) is 0.524. The van der Waals surface area contributed by atoms with E-state index in [4.69, 9.17) is 0 Å². The number of hydrogen-bond acceptors (Lipinski definition) is 1. The van der Waals surface area contributed by atoms with E-state index >= 15 is 0 Å². The van der Waals surface area contributed by atoms with Gasteiger partial charge in [-0.25, -0.2) is 0 Å². The van der Waals surface area contributed by atoms with Crippen LogP contribution in [0.4, 0.5) is 5.69 Å². The summed E-state index contributed by atoms with van der Waals surface area (Å²) < 4.78 is 0. The topological polar surface area (TPSA) is 12.0 Å². The molecule has 1 aliphatic rings. The smallest absolute Gasteiger partial charge is 0.0565 e. The number of allylic oxidation sites excluding steroid dienone is 2. The average Bonchev–Trinajstić information content (AvgIpc) is 2.37. The molecule has 1 aromatic carbocycles. The van der Waals surface area contributed by atoms with E-state index in [1.165, 1.54) is 16.8 Å². The molecule has 0 spiro atoms. The Labute approximate surface area is 136 Å². The first-order valence-electron chi connectivity index (χ1n) is 8.28. The zero-order valence-corrected chi connectivity index (χ0v) is 15.2. The Morgan fingerprint density at radius 3 is 1.91 bits per heavy atom. The number of nitrogens with one attached hydrogen (secondary N) is 1. The standard InChI is InChI=1S/C21H31N/c1-19(2,3)16-8-10-18(11-9-16)22-21(7)14-12-17(13-15-21)20(4,5)6/h8-14,22H,15H2,1-7H3. The van der Waals surface area contributed by atoms with Gasteiger partial charge < -0.3 is 5.32 Å². The third kappa shape index (κ3) is 4.03. The molecule has 0 radical (unpaired) electrons. The molecule has 22 heavy (non-hydrogen) atoms. The minimum atomic E-state index is -0.00198. The summed E-state index contributed by atoms with van der Waals surface area (Å²) in [4.78, 5) is 0. The van der Waals surface area contributed by atoms with Crippen molar-refractivity contribution in [1.29, 1.82) is 0 Å². The minimum Gasteiger partial charge on any atom is -0.376 e. The van der Waals surface area contributed by atoms with E-state index < -0.39 is 0 Å². The molecule has 0 heterocycles. The zero-order chi connectivity index (χ0) is 16.6. The van der Waals surface area contributed by atoms with Crippen molar-refractivity contribution in [2.24, 2.45) is 5.41 Å². The third-order valence-electron chi connectivity index (χ3n) is 4.42. The van der Waals surface area contributed by atoms with Gasteiger partial charge in [-0.05, 0) is 47.4 Å². The fourth-order valence-electron chi connectivity index (χ4n) is 2.76. The first-order chi connectivity index (χ1) is 10.00. The van der Waals surface area contributed by atoms with E-state index in [1.54, 1.807) is 0 Å². The highest BCUT2D eigenvalue weighted by Gasteiger charge is 2.26. The van der Waals surface area contributed by atoms with Gasteiger partial charge in [-0.15, -0.1) is 0 Å². The van der Waals surface area contributed by atoms with E-state index in [-0.39, 0.29) is 16.4 Å². The molecule has 0 amide bonds. The Hall–Kier alpha value is -1.50. The molecular weight excluding hydrogens is 266 g/mol. The summed E-state index contributed by atoms with van der Waals surface area (Å²) in [5.74, 6) is 0. The maximum atomic E-state index is 3.68. The van der Waals surface area contributed by atoms with Crippen LogP contribution in [0.1, 0.15) is 60.5 Å². The molecule has 2 rings (SSSR count). The number of anilines is 1. The number of rotatable bonds is 2. The molecule has 120 valence electrons. The SMILES string of the molecule is CC1(Nc2ccc(C(C)(C)C)cc2)C=CC(C(C)(C)C)=CC1. The predicted octanol–water partition coefficient (Wildman–Crippen LogP) is 6.09. The molecule has 0 aromatic heterocycles. The van der Waals surface area contributed by atoms with Crippen LogP contribution in [0.2, 0.25) is 0 Å². The van der Waals surface area contributed by atoms with Gasteiger partial charge in [0.25, 0.3) is 0 Å². The summed E-state index contributed by atoms with van der Waals surface area (Å²) in [5, 5.41) is 3.68. The van der Waals surface area contributed by atoms with E-state index in [0.29, 0.717) is 0 Å². The lowest BCUT2D eigenvalue weighted by atomic mass is 9.79. The molecule has 0 saturated heterocycles. The van der Waals surface area contributed by atoms with Crippen molar-refractivity contribution in [3.05, 3.63) is 53.6 Å². The molecule has 0 bridgehead atoms. The van der Waals surface area contributed by atoms with Crippen molar-refractivity contribution in [3.63, 3.8) is 0 Å². The molecule has 1 unspecified atom stereocenters. The highest BCUT2D eigenvalue weighted by atomic mass is 15.0. The van der Waals surface area contributed by atoms with Crippen molar-refractivity contribution in [2.45, 2.75) is 65.8 Å². The van der Waals surface area contributed by atoms with Gasteiger partial charge in [0.1, 0.15) is 0 Å². The quantitative estimate of drug-likeness (QED) is 0.696. The van der Waals surface area contributed by atoms with Crippen molar-refractivity contribution in [2.75, 3.05) is 5.32 Å². The summed E-state index contributed by atoms with van der Waals surface area (Å²) >= 11 is 0. The summed E-state index contributed by atoms with van der Waals surface area (Å²) in [6, 6.07) is 8.86. The van der Waals surface area contributed by atoms with Gasteiger partial charge in [0, 0.05) is 5.69 Å². The molecule has 0 saturated carbocycles. The van der Waals surface area contributed by atoms with Crippen molar-refractivity contribution >= 4 is 5.69 Å². The lowest BCUT2D eigenvalue weighted by Gasteiger charge is -2.33. The second kappa shape index (κ2) is 5.61. The zero-order valence-electron chi connectivity index (χ0n) is 15.2. The lowest BCUT2D eigenvalue weighted by Crippen LogP contribution is -2.34. The Morgan fingerprint density at radius 1 is 0.909 bits per heavy atom. The highest BCUT2D eigenvalue weighted by molar-refractivity contribution is 5.50.